The Morgan fingerprint density at radius 3 is 2.42 bits per heavy atom. The van der Waals surface area contributed by atoms with Crippen LogP contribution in [0.4, 0.5) is 9.18 Å². The first kappa shape index (κ1) is 20.0. The lowest BCUT2D eigenvalue weighted by Gasteiger charge is -2.23. The van der Waals surface area contributed by atoms with Gasteiger partial charge in [-0.15, -0.1) is 0 Å². The van der Waals surface area contributed by atoms with E-state index in [1.54, 1.807) is 45.0 Å². The van der Waals surface area contributed by atoms with Gasteiger partial charge in [-0.2, -0.15) is 0 Å². The minimum Gasteiger partial charge on any atom is -0.464 e. The molecule has 0 spiro atoms. The average molecular weight is 366 g/mol. The summed E-state index contributed by atoms with van der Waals surface area (Å²) in [6, 6.07) is 5.77. The van der Waals surface area contributed by atoms with Crippen LogP contribution in [0.1, 0.15) is 39.2 Å². The van der Waals surface area contributed by atoms with Crippen molar-refractivity contribution in [2.24, 2.45) is 5.92 Å². The van der Waals surface area contributed by atoms with Gasteiger partial charge >= 0.3 is 12.1 Å². The Bertz CT molecular complexity index is 607. The van der Waals surface area contributed by atoms with Crippen LogP contribution in [-0.2, 0) is 20.7 Å². The predicted octanol–water partition coefficient (Wildman–Crippen LogP) is 3.38. The minimum atomic E-state index is -0.907. The number of alkyl halides is 1. The lowest BCUT2D eigenvalue weighted by atomic mass is 10.1. The maximum absolute atomic E-state index is 12.4. The number of halogens is 1. The van der Waals surface area contributed by atoms with E-state index >= 15 is 0 Å². The van der Waals surface area contributed by atoms with Gasteiger partial charge in [0.05, 0.1) is 6.61 Å². The summed E-state index contributed by atoms with van der Waals surface area (Å²) in [5.74, 6) is 0.328. The highest BCUT2D eigenvalue weighted by atomic mass is 18.2. The molecule has 0 bridgehead atoms. The van der Waals surface area contributed by atoms with Crippen molar-refractivity contribution >= 4 is 12.1 Å². The Morgan fingerprint density at radius 1 is 1.23 bits per heavy atom. The molecule has 0 unspecified atom stereocenters. The summed E-state index contributed by atoms with van der Waals surface area (Å²) in [6.45, 7) is 4.70. The third-order valence-corrected chi connectivity index (χ3v) is 3.72. The first-order chi connectivity index (χ1) is 12.3. The molecule has 26 heavy (non-hydrogen) atoms. The normalized spacial score (nSPS) is 15.1. The topological polar surface area (TPSA) is 73.9 Å². The highest BCUT2D eigenvalue weighted by molar-refractivity contribution is 5.81. The number of esters is 1. The number of alkyl carbamates (subject to hydrolysis) is 1. The van der Waals surface area contributed by atoms with Gasteiger partial charge in [0, 0.05) is 6.42 Å². The number of ether oxygens (including phenoxy) is 3. The van der Waals surface area contributed by atoms with Gasteiger partial charge in [-0.25, -0.2) is 14.0 Å². The van der Waals surface area contributed by atoms with E-state index < -0.39 is 30.6 Å². The van der Waals surface area contributed by atoms with E-state index in [1.807, 2.05) is 0 Å². The van der Waals surface area contributed by atoms with Crippen LogP contribution in [0.25, 0.3) is 0 Å². The average Bonchev–Trinajstić information content (AvgIpc) is 3.36. The van der Waals surface area contributed by atoms with Crippen molar-refractivity contribution < 1.29 is 28.2 Å². The number of benzene rings is 1. The third kappa shape index (κ3) is 7.29. The van der Waals surface area contributed by atoms with E-state index in [-0.39, 0.29) is 6.42 Å². The number of amides is 1. The summed E-state index contributed by atoms with van der Waals surface area (Å²) in [4.78, 5) is 24.4. The van der Waals surface area contributed by atoms with Gasteiger partial charge in [0.2, 0.25) is 6.86 Å². The van der Waals surface area contributed by atoms with Crippen LogP contribution in [0.2, 0.25) is 0 Å². The number of rotatable bonds is 8. The molecule has 1 aliphatic rings. The van der Waals surface area contributed by atoms with Gasteiger partial charge in [0.25, 0.3) is 0 Å². The highest BCUT2D eigenvalue weighted by Crippen LogP contribution is 2.29. The maximum atomic E-state index is 12.4. The third-order valence-electron chi connectivity index (χ3n) is 3.72. The molecule has 1 saturated carbocycles. The van der Waals surface area contributed by atoms with Crippen molar-refractivity contribution in [3.8, 4) is 5.75 Å². The van der Waals surface area contributed by atoms with Crippen LogP contribution in [0, 0.1) is 5.92 Å². The van der Waals surface area contributed by atoms with Crippen molar-refractivity contribution in [2.75, 3.05) is 13.5 Å². The quantitative estimate of drug-likeness (QED) is 0.714. The SMILES string of the molecule is CC(C)(C)OC(=O)N[C@H](Cc1ccc(OC[18F])cc1)C(=O)OCC1CC1. The molecule has 1 atom stereocenters. The van der Waals surface area contributed by atoms with Crippen molar-refractivity contribution in [3.05, 3.63) is 29.8 Å². The number of carbonyl (C=O) groups is 2. The van der Waals surface area contributed by atoms with Gasteiger partial charge in [-0.1, -0.05) is 12.1 Å². The fourth-order valence-corrected chi connectivity index (χ4v) is 2.25. The summed E-state index contributed by atoms with van der Waals surface area (Å²) in [5.41, 5.74) is 0.110. The Kier molecular flexibility index (Phi) is 6.83. The minimum absolute atomic E-state index is 0.235. The molecule has 1 amide bonds. The van der Waals surface area contributed by atoms with Crippen LogP contribution in [0.15, 0.2) is 24.3 Å². The predicted molar refractivity (Wildman–Crippen MR) is 93.6 cm³/mol. The van der Waals surface area contributed by atoms with Crippen LogP contribution in [-0.4, -0.2) is 37.2 Å². The molecule has 1 N–H and O–H groups in total. The van der Waals surface area contributed by atoms with E-state index in [9.17, 15) is 14.0 Å². The zero-order chi connectivity index (χ0) is 19.2. The fraction of sp³-hybridized carbons (Fsp3) is 0.579. The van der Waals surface area contributed by atoms with Crippen LogP contribution in [0.3, 0.4) is 0 Å². The largest absolute Gasteiger partial charge is 0.464 e. The maximum Gasteiger partial charge on any atom is 0.408 e. The van der Waals surface area contributed by atoms with Crippen molar-refractivity contribution in [2.45, 2.75) is 51.7 Å². The molecule has 7 heteroatoms. The molecule has 0 aliphatic heterocycles. The summed E-state index contributed by atoms with van der Waals surface area (Å²) < 4.78 is 27.5. The zero-order valence-corrected chi connectivity index (χ0v) is 15.4. The zero-order valence-electron chi connectivity index (χ0n) is 15.4. The van der Waals surface area contributed by atoms with Crippen molar-refractivity contribution in [1.82, 2.24) is 5.32 Å². The molecule has 1 aromatic rings. The van der Waals surface area contributed by atoms with E-state index in [4.69, 9.17) is 14.2 Å². The van der Waals surface area contributed by atoms with Crippen molar-refractivity contribution in [1.29, 1.82) is 0 Å². The fourth-order valence-electron chi connectivity index (χ4n) is 2.25. The van der Waals surface area contributed by atoms with Gasteiger partial charge < -0.3 is 19.5 Å². The lowest BCUT2D eigenvalue weighted by molar-refractivity contribution is -0.146. The van der Waals surface area contributed by atoms with Gasteiger partial charge in [0.1, 0.15) is 17.4 Å². The highest BCUT2D eigenvalue weighted by Gasteiger charge is 2.28. The molecule has 0 heterocycles. The molecule has 0 radical (unpaired) electrons. The van der Waals surface area contributed by atoms with E-state index in [2.05, 4.69) is 5.32 Å². The van der Waals surface area contributed by atoms with Crippen molar-refractivity contribution in [3.63, 3.8) is 0 Å². The molecule has 2 rings (SSSR count). The first-order valence-electron chi connectivity index (χ1n) is 8.70. The Labute approximate surface area is 153 Å². The summed E-state index contributed by atoms with van der Waals surface area (Å²) >= 11 is 0. The van der Waals surface area contributed by atoms with Gasteiger partial charge in [-0.05, 0) is 57.2 Å². The molecule has 6 nitrogen and oxygen atoms in total. The summed E-state index contributed by atoms with van der Waals surface area (Å²) in [6.07, 6.45) is 1.68. The Morgan fingerprint density at radius 2 is 1.88 bits per heavy atom. The molecule has 1 aromatic carbocycles. The summed E-state index contributed by atoms with van der Waals surface area (Å²) in [7, 11) is 0. The van der Waals surface area contributed by atoms with Gasteiger partial charge in [0.15, 0.2) is 0 Å². The summed E-state index contributed by atoms with van der Waals surface area (Å²) in [5, 5.41) is 2.58. The van der Waals surface area contributed by atoms with Crippen LogP contribution < -0.4 is 10.1 Å². The number of nitrogens with one attached hydrogen (secondary N) is 1. The number of hydrogen-bond donors (Lipinski definition) is 1. The standard InChI is InChI=1S/C19H26FNO5/c1-19(2,3)26-18(23)21-16(17(22)24-11-14-4-5-14)10-13-6-8-15(9-7-13)25-12-20/h6-9,14,16H,4-5,10-12H2,1-3H3,(H,21,23)/t16-/m1/s1/i20-1. The molecule has 1 aliphatic carbocycles. The van der Waals surface area contributed by atoms with Crippen LogP contribution >= 0.6 is 0 Å². The molecular formula is C19H26FNO5. The molecule has 144 valence electrons. The Hall–Kier alpha value is -2.31. The molecule has 0 saturated heterocycles. The Balaban J connectivity index is 2.00. The van der Waals surface area contributed by atoms with Gasteiger partial charge in [-0.3, -0.25) is 0 Å². The first-order valence-corrected chi connectivity index (χ1v) is 8.70. The van der Waals surface area contributed by atoms with Crippen LogP contribution in [0.5, 0.6) is 5.75 Å². The smallest absolute Gasteiger partial charge is 0.408 e. The second-order valence-electron chi connectivity index (χ2n) is 7.37. The monoisotopic (exact) mass is 366 g/mol. The lowest BCUT2D eigenvalue weighted by Crippen LogP contribution is -2.45. The van der Waals surface area contributed by atoms with E-state index in [0.717, 1.165) is 18.4 Å². The second-order valence-corrected chi connectivity index (χ2v) is 7.37. The molecular weight excluding hydrogens is 340 g/mol. The van der Waals surface area contributed by atoms with E-state index in [0.29, 0.717) is 18.3 Å². The number of hydrogen-bond acceptors (Lipinski definition) is 5. The molecule has 0 aromatic heterocycles. The number of carbonyl (C=O) groups excluding carboxylic acids is 2. The second kappa shape index (κ2) is 8.87. The van der Waals surface area contributed by atoms with E-state index in [1.165, 1.54) is 0 Å². The molecule has 1 fully saturated rings.